The zero-order valence-corrected chi connectivity index (χ0v) is 12.2. The van der Waals surface area contributed by atoms with Crippen molar-refractivity contribution < 1.29 is 19.4 Å². The summed E-state index contributed by atoms with van der Waals surface area (Å²) >= 11 is 0. The summed E-state index contributed by atoms with van der Waals surface area (Å²) in [5.74, 6) is -0.540. The number of amides is 1. The Balaban J connectivity index is 1.65. The highest BCUT2D eigenvalue weighted by molar-refractivity contribution is 5.72. The highest BCUT2D eigenvalue weighted by Crippen LogP contribution is 2.05. The van der Waals surface area contributed by atoms with Crippen LogP contribution in [-0.4, -0.2) is 55.1 Å². The summed E-state index contributed by atoms with van der Waals surface area (Å²) in [5, 5.41) is 0. The lowest BCUT2D eigenvalue weighted by Gasteiger charge is -2.30. The average Bonchev–Trinajstić information content (AvgIpc) is 2.52. The molecule has 2 rings (SSSR count). The maximum Gasteiger partial charge on any atom is 0.453 e. The molecule has 0 aromatic heterocycles. The van der Waals surface area contributed by atoms with Gasteiger partial charge in [-0.05, 0) is 19.0 Å². The standard InChI is InChI=1S/C15H20N2O4/c1-16-9-11-17(12-10-16)15(19)21-20-14(18)8-7-13-5-3-2-4-6-13/h2-6H,7-12H2,1H3. The molecule has 0 spiro atoms. The quantitative estimate of drug-likeness (QED) is 0.623. The van der Waals surface area contributed by atoms with Gasteiger partial charge in [0.2, 0.25) is 0 Å². The van der Waals surface area contributed by atoms with Crippen LogP contribution in [0.1, 0.15) is 12.0 Å². The fraction of sp³-hybridized carbons (Fsp3) is 0.467. The van der Waals surface area contributed by atoms with Crippen LogP contribution in [-0.2, 0) is 21.0 Å². The Morgan fingerprint density at radius 3 is 2.38 bits per heavy atom. The van der Waals surface area contributed by atoms with Gasteiger partial charge in [0.1, 0.15) is 0 Å². The first-order chi connectivity index (χ1) is 10.1. The van der Waals surface area contributed by atoms with Gasteiger partial charge in [-0.3, -0.25) is 0 Å². The molecule has 1 aliphatic heterocycles. The summed E-state index contributed by atoms with van der Waals surface area (Å²) in [7, 11) is 1.99. The molecule has 0 bridgehead atoms. The Bertz CT molecular complexity index is 470. The molecule has 1 aromatic carbocycles. The van der Waals surface area contributed by atoms with Crippen molar-refractivity contribution in [2.24, 2.45) is 0 Å². The van der Waals surface area contributed by atoms with E-state index >= 15 is 0 Å². The number of hydrogen-bond acceptors (Lipinski definition) is 5. The predicted molar refractivity (Wildman–Crippen MR) is 76.4 cm³/mol. The summed E-state index contributed by atoms with van der Waals surface area (Å²) in [6.45, 7) is 2.74. The second kappa shape index (κ2) is 7.64. The highest BCUT2D eigenvalue weighted by atomic mass is 17.2. The lowest BCUT2D eigenvalue weighted by atomic mass is 10.1. The van der Waals surface area contributed by atoms with Crippen molar-refractivity contribution in [2.75, 3.05) is 33.2 Å². The van der Waals surface area contributed by atoms with Crippen LogP contribution in [0.4, 0.5) is 4.79 Å². The van der Waals surface area contributed by atoms with E-state index in [-0.39, 0.29) is 6.42 Å². The summed E-state index contributed by atoms with van der Waals surface area (Å²) < 4.78 is 0. The molecule has 6 heteroatoms. The van der Waals surface area contributed by atoms with Gasteiger partial charge in [-0.2, -0.15) is 0 Å². The molecule has 0 aliphatic carbocycles. The third-order valence-electron chi connectivity index (χ3n) is 3.43. The Morgan fingerprint density at radius 1 is 1.05 bits per heavy atom. The van der Waals surface area contributed by atoms with E-state index in [1.807, 2.05) is 37.4 Å². The van der Waals surface area contributed by atoms with E-state index in [2.05, 4.69) is 14.7 Å². The molecule has 1 heterocycles. The number of likely N-dealkylation sites (N-methyl/N-ethyl adjacent to an activating group) is 1. The molecule has 1 aliphatic rings. The van der Waals surface area contributed by atoms with E-state index in [0.717, 1.165) is 18.7 Å². The number of piperazine rings is 1. The number of nitrogens with zero attached hydrogens (tertiary/aromatic N) is 2. The third-order valence-corrected chi connectivity index (χ3v) is 3.43. The van der Waals surface area contributed by atoms with Crippen molar-refractivity contribution in [3.8, 4) is 0 Å². The molecule has 1 fully saturated rings. The highest BCUT2D eigenvalue weighted by Gasteiger charge is 2.22. The molecule has 114 valence electrons. The zero-order valence-electron chi connectivity index (χ0n) is 12.2. The van der Waals surface area contributed by atoms with Crippen LogP contribution in [0, 0.1) is 0 Å². The topological polar surface area (TPSA) is 59.1 Å². The normalized spacial score (nSPS) is 15.6. The van der Waals surface area contributed by atoms with Gasteiger partial charge in [0.25, 0.3) is 0 Å². The number of benzene rings is 1. The van der Waals surface area contributed by atoms with Crippen LogP contribution in [0.3, 0.4) is 0 Å². The molecule has 21 heavy (non-hydrogen) atoms. The van der Waals surface area contributed by atoms with Gasteiger partial charge in [0.05, 0.1) is 6.42 Å². The Kier molecular flexibility index (Phi) is 5.57. The minimum Gasteiger partial charge on any atom is -0.303 e. The number of aryl methyl sites for hydroxylation is 1. The zero-order chi connectivity index (χ0) is 15.1. The summed E-state index contributed by atoms with van der Waals surface area (Å²) in [5.41, 5.74) is 1.04. The van der Waals surface area contributed by atoms with Gasteiger partial charge < -0.3 is 9.80 Å². The second-order valence-corrected chi connectivity index (χ2v) is 5.08. The van der Waals surface area contributed by atoms with Crippen molar-refractivity contribution in [1.82, 2.24) is 9.80 Å². The molecule has 1 saturated heterocycles. The van der Waals surface area contributed by atoms with Crippen molar-refractivity contribution in [2.45, 2.75) is 12.8 Å². The van der Waals surface area contributed by atoms with Gasteiger partial charge in [0, 0.05) is 26.2 Å². The first-order valence-electron chi connectivity index (χ1n) is 7.04. The maximum absolute atomic E-state index is 11.7. The monoisotopic (exact) mass is 292 g/mol. The molecular formula is C15H20N2O4. The van der Waals surface area contributed by atoms with Gasteiger partial charge in [-0.15, -0.1) is 0 Å². The van der Waals surface area contributed by atoms with Crippen LogP contribution in [0.2, 0.25) is 0 Å². The van der Waals surface area contributed by atoms with Crippen molar-refractivity contribution >= 4 is 12.1 Å². The second-order valence-electron chi connectivity index (χ2n) is 5.08. The number of hydrogen-bond donors (Lipinski definition) is 0. The van der Waals surface area contributed by atoms with Crippen molar-refractivity contribution in [3.05, 3.63) is 35.9 Å². The molecular weight excluding hydrogens is 272 g/mol. The summed E-state index contributed by atoms with van der Waals surface area (Å²) in [6, 6.07) is 9.61. The van der Waals surface area contributed by atoms with Crippen LogP contribution in [0.25, 0.3) is 0 Å². The third kappa shape index (κ3) is 5.07. The largest absolute Gasteiger partial charge is 0.453 e. The fourth-order valence-corrected chi connectivity index (χ4v) is 2.06. The van der Waals surface area contributed by atoms with Gasteiger partial charge in [-0.25, -0.2) is 19.4 Å². The molecule has 1 amide bonds. The van der Waals surface area contributed by atoms with E-state index in [9.17, 15) is 9.59 Å². The van der Waals surface area contributed by atoms with E-state index in [0.29, 0.717) is 19.5 Å². The smallest absolute Gasteiger partial charge is 0.303 e. The summed E-state index contributed by atoms with van der Waals surface area (Å²) in [4.78, 5) is 36.0. The average molecular weight is 292 g/mol. The summed E-state index contributed by atoms with van der Waals surface area (Å²) in [6.07, 6.45) is 0.141. The lowest BCUT2D eigenvalue weighted by molar-refractivity contribution is -0.237. The minimum atomic E-state index is -0.601. The van der Waals surface area contributed by atoms with Crippen LogP contribution < -0.4 is 0 Å². The van der Waals surface area contributed by atoms with Gasteiger partial charge in [-0.1, -0.05) is 30.3 Å². The van der Waals surface area contributed by atoms with E-state index in [4.69, 9.17) is 0 Å². The van der Waals surface area contributed by atoms with Gasteiger partial charge >= 0.3 is 12.1 Å². The molecule has 0 radical (unpaired) electrons. The molecule has 1 aromatic rings. The predicted octanol–water partition coefficient (Wildman–Crippen LogP) is 1.46. The number of rotatable bonds is 3. The molecule has 0 saturated carbocycles. The molecule has 0 unspecified atom stereocenters. The van der Waals surface area contributed by atoms with Crippen molar-refractivity contribution in [3.63, 3.8) is 0 Å². The van der Waals surface area contributed by atoms with Gasteiger partial charge in [0.15, 0.2) is 0 Å². The van der Waals surface area contributed by atoms with Crippen molar-refractivity contribution in [1.29, 1.82) is 0 Å². The Morgan fingerprint density at radius 2 is 1.71 bits per heavy atom. The maximum atomic E-state index is 11.7. The first kappa shape index (κ1) is 15.3. The van der Waals surface area contributed by atoms with Crippen LogP contribution >= 0.6 is 0 Å². The fourth-order valence-electron chi connectivity index (χ4n) is 2.06. The Labute approximate surface area is 124 Å². The molecule has 0 atom stereocenters. The van der Waals surface area contributed by atoms with Crippen LogP contribution in [0.5, 0.6) is 0 Å². The Hall–Kier alpha value is -2.08. The number of carbonyl (C=O) groups excluding carboxylic acids is 2. The minimum absolute atomic E-state index is 0.181. The van der Waals surface area contributed by atoms with E-state index in [1.165, 1.54) is 4.90 Å². The van der Waals surface area contributed by atoms with Crippen LogP contribution in [0.15, 0.2) is 30.3 Å². The SMILES string of the molecule is CN1CCN(C(=O)OOC(=O)CCc2ccccc2)CC1. The first-order valence-corrected chi connectivity index (χ1v) is 7.04. The van der Waals surface area contributed by atoms with E-state index in [1.54, 1.807) is 0 Å². The number of carbonyl (C=O) groups is 2. The molecule has 6 nitrogen and oxygen atoms in total. The lowest BCUT2D eigenvalue weighted by Crippen LogP contribution is -2.47. The van der Waals surface area contributed by atoms with E-state index < -0.39 is 12.1 Å². The molecule has 0 N–H and O–H groups in total.